The number of nitrogens with zero attached hydrogens (tertiary/aromatic N) is 2. The maximum absolute atomic E-state index is 12.1. The first-order valence-electron chi connectivity index (χ1n) is 6.30. The molecular weight excluding hydrogens is 282 g/mol. The molecule has 1 aromatic heterocycles. The lowest BCUT2D eigenvalue weighted by Gasteiger charge is -2.58. The number of hydrogen-bond acceptors (Lipinski definition) is 6. The molecule has 1 aliphatic carbocycles. The van der Waals surface area contributed by atoms with Gasteiger partial charge in [0.1, 0.15) is 5.54 Å². The van der Waals surface area contributed by atoms with E-state index in [1.807, 2.05) is 6.92 Å². The lowest BCUT2D eigenvalue weighted by Crippen LogP contribution is -2.76. The Morgan fingerprint density at radius 1 is 1.60 bits per heavy atom. The van der Waals surface area contributed by atoms with Crippen LogP contribution in [-0.4, -0.2) is 44.0 Å². The Morgan fingerprint density at radius 2 is 2.30 bits per heavy atom. The van der Waals surface area contributed by atoms with Gasteiger partial charge in [-0.3, -0.25) is 4.79 Å². The van der Waals surface area contributed by atoms with Gasteiger partial charge >= 0.3 is 5.97 Å². The van der Waals surface area contributed by atoms with Crippen molar-refractivity contribution in [3.63, 3.8) is 0 Å². The SMILES string of the molecule is CCOC1CC(NC(=O)c2cnsn2)(C(=O)O)C1(C)C. The topological polar surface area (TPSA) is 101 Å². The summed E-state index contributed by atoms with van der Waals surface area (Å²) in [5.74, 6) is -1.58. The number of carboxylic acids is 1. The van der Waals surface area contributed by atoms with Crippen LogP contribution in [0.3, 0.4) is 0 Å². The molecule has 1 amide bonds. The summed E-state index contributed by atoms with van der Waals surface area (Å²) in [7, 11) is 0. The van der Waals surface area contributed by atoms with Crippen molar-refractivity contribution in [3.8, 4) is 0 Å². The highest BCUT2D eigenvalue weighted by molar-refractivity contribution is 6.99. The maximum Gasteiger partial charge on any atom is 0.330 e. The highest BCUT2D eigenvalue weighted by Gasteiger charge is 2.66. The molecule has 7 nitrogen and oxygen atoms in total. The molecule has 2 rings (SSSR count). The number of aromatic nitrogens is 2. The van der Waals surface area contributed by atoms with Gasteiger partial charge in [-0.1, -0.05) is 13.8 Å². The molecule has 1 fully saturated rings. The standard InChI is InChI=1S/C12H17N3O4S/c1-4-19-8-5-12(10(17)18,11(8,2)3)14-9(16)7-6-13-20-15-7/h6,8H,4-5H2,1-3H3,(H,14,16)(H,17,18). The van der Waals surface area contributed by atoms with Gasteiger partial charge in [-0.15, -0.1) is 0 Å². The third-order valence-electron chi connectivity index (χ3n) is 4.05. The second kappa shape index (κ2) is 5.10. The van der Waals surface area contributed by atoms with Gasteiger partial charge in [0.2, 0.25) is 0 Å². The summed E-state index contributed by atoms with van der Waals surface area (Å²) in [6, 6.07) is 0. The Morgan fingerprint density at radius 3 is 2.75 bits per heavy atom. The van der Waals surface area contributed by atoms with Crippen molar-refractivity contribution in [1.82, 2.24) is 14.1 Å². The van der Waals surface area contributed by atoms with Crippen LogP contribution in [-0.2, 0) is 9.53 Å². The predicted octanol–water partition coefficient (Wildman–Crippen LogP) is 0.926. The first-order chi connectivity index (χ1) is 9.35. The Bertz CT molecular complexity index is 517. The quantitative estimate of drug-likeness (QED) is 0.838. The van der Waals surface area contributed by atoms with E-state index in [0.717, 1.165) is 11.7 Å². The van der Waals surface area contributed by atoms with Crippen LogP contribution in [0, 0.1) is 5.41 Å². The average Bonchev–Trinajstić information content (AvgIpc) is 2.90. The smallest absolute Gasteiger partial charge is 0.330 e. The number of carbonyl (C=O) groups is 2. The molecule has 1 aromatic rings. The van der Waals surface area contributed by atoms with Gasteiger partial charge < -0.3 is 15.2 Å². The molecule has 8 heteroatoms. The van der Waals surface area contributed by atoms with Crippen LogP contribution in [0.15, 0.2) is 6.20 Å². The fourth-order valence-electron chi connectivity index (χ4n) is 2.56. The van der Waals surface area contributed by atoms with Crippen LogP contribution in [0.2, 0.25) is 0 Å². The average molecular weight is 299 g/mol. The number of aliphatic carboxylic acids is 1. The van der Waals surface area contributed by atoms with Crippen LogP contribution in [0.4, 0.5) is 0 Å². The van der Waals surface area contributed by atoms with Gasteiger partial charge in [-0.05, 0) is 6.92 Å². The highest BCUT2D eigenvalue weighted by atomic mass is 32.1. The zero-order chi connectivity index (χ0) is 15.0. The fraction of sp³-hybridized carbons (Fsp3) is 0.667. The van der Waals surface area contributed by atoms with E-state index in [4.69, 9.17) is 4.74 Å². The molecule has 0 spiro atoms. The minimum absolute atomic E-state index is 0.131. The van der Waals surface area contributed by atoms with Crippen molar-refractivity contribution in [2.24, 2.45) is 5.41 Å². The van der Waals surface area contributed by atoms with Crippen LogP contribution < -0.4 is 5.32 Å². The number of ether oxygens (including phenoxy) is 1. The number of amides is 1. The lowest BCUT2D eigenvalue weighted by molar-refractivity contribution is -0.190. The Kier molecular flexibility index (Phi) is 3.79. The monoisotopic (exact) mass is 299 g/mol. The lowest BCUT2D eigenvalue weighted by atomic mass is 9.54. The molecule has 2 unspecified atom stereocenters. The molecule has 110 valence electrons. The van der Waals surface area contributed by atoms with Crippen LogP contribution in [0.25, 0.3) is 0 Å². The van der Waals surface area contributed by atoms with Crippen LogP contribution >= 0.6 is 11.7 Å². The van der Waals surface area contributed by atoms with Gasteiger partial charge in [0, 0.05) is 18.4 Å². The first kappa shape index (κ1) is 14.9. The van der Waals surface area contributed by atoms with Crippen molar-refractivity contribution >= 4 is 23.6 Å². The normalized spacial score (nSPS) is 27.6. The van der Waals surface area contributed by atoms with Crippen LogP contribution in [0.5, 0.6) is 0 Å². The summed E-state index contributed by atoms with van der Waals surface area (Å²) >= 11 is 0.904. The number of hydrogen-bond donors (Lipinski definition) is 2. The Labute approximate surface area is 120 Å². The van der Waals surface area contributed by atoms with E-state index >= 15 is 0 Å². The summed E-state index contributed by atoms with van der Waals surface area (Å²) in [6.45, 7) is 5.93. The zero-order valence-corrected chi connectivity index (χ0v) is 12.4. The van der Waals surface area contributed by atoms with Gasteiger partial charge in [-0.2, -0.15) is 8.75 Å². The Hall–Kier alpha value is -1.54. The van der Waals surface area contributed by atoms with Gasteiger partial charge in [0.15, 0.2) is 5.69 Å². The van der Waals surface area contributed by atoms with E-state index in [9.17, 15) is 14.7 Å². The number of nitrogens with one attached hydrogen (secondary N) is 1. The number of carboxylic acid groups (broad SMARTS) is 1. The maximum atomic E-state index is 12.1. The third-order valence-corrected chi connectivity index (χ3v) is 4.53. The summed E-state index contributed by atoms with van der Waals surface area (Å²) in [4.78, 5) is 23.7. The minimum atomic E-state index is -1.34. The fourth-order valence-corrected chi connectivity index (χ4v) is 2.97. The van der Waals surface area contributed by atoms with Crippen molar-refractivity contribution in [2.45, 2.75) is 38.8 Å². The molecule has 2 N–H and O–H groups in total. The molecule has 2 atom stereocenters. The van der Waals surface area contributed by atoms with Gasteiger partial charge in [0.25, 0.3) is 5.91 Å². The molecule has 0 aromatic carbocycles. The molecule has 20 heavy (non-hydrogen) atoms. The van der Waals surface area contributed by atoms with Crippen molar-refractivity contribution in [1.29, 1.82) is 0 Å². The molecule has 1 heterocycles. The van der Waals surface area contributed by atoms with E-state index in [1.54, 1.807) is 13.8 Å². The Balaban J connectivity index is 2.21. The summed E-state index contributed by atoms with van der Waals surface area (Å²) in [5.41, 5.74) is -1.91. The van der Waals surface area contributed by atoms with E-state index in [2.05, 4.69) is 14.1 Å². The number of carbonyl (C=O) groups excluding carboxylic acids is 1. The second-order valence-electron chi connectivity index (χ2n) is 5.33. The van der Waals surface area contributed by atoms with Crippen molar-refractivity contribution in [3.05, 3.63) is 11.9 Å². The van der Waals surface area contributed by atoms with Gasteiger partial charge in [0.05, 0.1) is 24.0 Å². The summed E-state index contributed by atoms with van der Waals surface area (Å²) in [5, 5.41) is 12.1. The highest BCUT2D eigenvalue weighted by Crippen LogP contribution is 2.51. The molecule has 1 aliphatic rings. The molecule has 0 saturated heterocycles. The molecule has 0 aliphatic heterocycles. The molecular formula is C12H17N3O4S. The largest absolute Gasteiger partial charge is 0.479 e. The predicted molar refractivity (Wildman–Crippen MR) is 71.6 cm³/mol. The van der Waals surface area contributed by atoms with Crippen molar-refractivity contribution in [2.75, 3.05) is 6.61 Å². The van der Waals surface area contributed by atoms with Gasteiger partial charge in [-0.25, -0.2) is 4.79 Å². The van der Waals surface area contributed by atoms with E-state index in [0.29, 0.717) is 6.61 Å². The van der Waals surface area contributed by atoms with E-state index < -0.39 is 22.8 Å². The molecule has 1 saturated carbocycles. The first-order valence-corrected chi connectivity index (χ1v) is 7.03. The summed E-state index contributed by atoms with van der Waals surface area (Å²) < 4.78 is 13.1. The summed E-state index contributed by atoms with van der Waals surface area (Å²) in [6.07, 6.45) is 1.37. The zero-order valence-electron chi connectivity index (χ0n) is 11.5. The minimum Gasteiger partial charge on any atom is -0.479 e. The van der Waals surface area contributed by atoms with Crippen LogP contribution in [0.1, 0.15) is 37.7 Å². The third kappa shape index (κ3) is 2.08. The molecule has 0 radical (unpaired) electrons. The van der Waals surface area contributed by atoms with E-state index in [-0.39, 0.29) is 18.2 Å². The molecule has 0 bridgehead atoms. The van der Waals surface area contributed by atoms with E-state index in [1.165, 1.54) is 6.20 Å². The second-order valence-corrected chi connectivity index (χ2v) is 5.88. The van der Waals surface area contributed by atoms with Crippen molar-refractivity contribution < 1.29 is 19.4 Å². The number of rotatable bonds is 5.